The number of rotatable bonds is 8. The SMILES string of the molecule is CCN(CCCN(C)C)S(=O)(=O)c1ccc(CO)o1. The maximum absolute atomic E-state index is 12.3. The number of aliphatic hydroxyl groups excluding tert-OH is 1. The number of hydrogen-bond donors (Lipinski definition) is 1. The largest absolute Gasteiger partial charge is 0.446 e. The molecule has 0 atom stereocenters. The summed E-state index contributed by atoms with van der Waals surface area (Å²) in [6.45, 7) is 3.16. The van der Waals surface area contributed by atoms with E-state index < -0.39 is 10.0 Å². The van der Waals surface area contributed by atoms with Crippen LogP contribution >= 0.6 is 0 Å². The minimum absolute atomic E-state index is 0.108. The van der Waals surface area contributed by atoms with Gasteiger partial charge in [-0.1, -0.05) is 6.92 Å². The van der Waals surface area contributed by atoms with Gasteiger partial charge in [0.15, 0.2) is 0 Å². The minimum atomic E-state index is -3.60. The first-order valence-corrected chi connectivity index (χ1v) is 7.70. The van der Waals surface area contributed by atoms with Gasteiger partial charge in [-0.15, -0.1) is 0 Å². The van der Waals surface area contributed by atoms with Crippen LogP contribution in [0, 0.1) is 0 Å². The molecule has 0 aliphatic rings. The zero-order chi connectivity index (χ0) is 14.5. The van der Waals surface area contributed by atoms with Crippen LogP contribution in [0.15, 0.2) is 21.6 Å². The Balaban J connectivity index is 2.77. The summed E-state index contributed by atoms with van der Waals surface area (Å²) in [5, 5.41) is 8.80. The number of nitrogens with zero attached hydrogens (tertiary/aromatic N) is 2. The standard InChI is InChI=1S/C12H22N2O4S/c1-4-14(9-5-8-13(2)3)19(16,17)12-7-6-11(10-15)18-12/h6-7,15H,4-5,8-10H2,1-3H3. The first kappa shape index (κ1) is 16.2. The van der Waals surface area contributed by atoms with Gasteiger partial charge >= 0.3 is 0 Å². The molecular weight excluding hydrogens is 268 g/mol. The fourth-order valence-electron chi connectivity index (χ4n) is 1.72. The molecule has 0 radical (unpaired) electrons. The molecule has 0 saturated heterocycles. The quantitative estimate of drug-likeness (QED) is 0.764. The Hall–Kier alpha value is -0.890. The van der Waals surface area contributed by atoms with Crippen molar-refractivity contribution in [3.05, 3.63) is 17.9 Å². The van der Waals surface area contributed by atoms with Gasteiger partial charge < -0.3 is 14.4 Å². The predicted octanol–water partition coefficient (Wildman–Crippen LogP) is 0.734. The van der Waals surface area contributed by atoms with Crippen molar-refractivity contribution in [2.75, 3.05) is 33.7 Å². The molecule has 0 spiro atoms. The summed E-state index contributed by atoms with van der Waals surface area (Å²) in [6.07, 6.45) is 0.758. The highest BCUT2D eigenvalue weighted by molar-refractivity contribution is 7.89. The summed E-state index contributed by atoms with van der Waals surface area (Å²) in [4.78, 5) is 2.01. The Morgan fingerprint density at radius 3 is 2.42 bits per heavy atom. The second kappa shape index (κ2) is 7.04. The van der Waals surface area contributed by atoms with Gasteiger partial charge in [0.05, 0.1) is 0 Å². The molecule has 6 nitrogen and oxygen atoms in total. The van der Waals surface area contributed by atoms with Gasteiger partial charge in [-0.2, -0.15) is 4.31 Å². The lowest BCUT2D eigenvalue weighted by Gasteiger charge is -2.19. The third-order valence-corrected chi connectivity index (χ3v) is 4.60. The second-order valence-corrected chi connectivity index (χ2v) is 6.40. The molecule has 110 valence electrons. The van der Waals surface area contributed by atoms with Gasteiger partial charge in [-0.05, 0) is 39.2 Å². The first-order chi connectivity index (χ1) is 8.91. The van der Waals surface area contributed by atoms with Crippen molar-refractivity contribution in [2.45, 2.75) is 25.0 Å². The fraction of sp³-hybridized carbons (Fsp3) is 0.667. The van der Waals surface area contributed by atoms with Crippen LogP contribution in [0.2, 0.25) is 0 Å². The van der Waals surface area contributed by atoms with Crippen molar-refractivity contribution >= 4 is 10.0 Å². The van der Waals surface area contributed by atoms with Crippen molar-refractivity contribution in [2.24, 2.45) is 0 Å². The van der Waals surface area contributed by atoms with Crippen LogP contribution in [0.4, 0.5) is 0 Å². The lowest BCUT2D eigenvalue weighted by atomic mass is 10.4. The van der Waals surface area contributed by atoms with Crippen LogP contribution in [0.25, 0.3) is 0 Å². The van der Waals surface area contributed by atoms with E-state index in [0.29, 0.717) is 13.1 Å². The van der Waals surface area contributed by atoms with Crippen LogP contribution in [-0.2, 0) is 16.6 Å². The van der Waals surface area contributed by atoms with E-state index in [1.165, 1.54) is 16.4 Å². The van der Waals surface area contributed by atoms with Crippen LogP contribution < -0.4 is 0 Å². The van der Waals surface area contributed by atoms with Gasteiger partial charge in [0, 0.05) is 13.1 Å². The second-order valence-electron chi connectivity index (χ2n) is 4.53. The summed E-state index contributed by atoms with van der Waals surface area (Å²) < 4.78 is 31.1. The Morgan fingerprint density at radius 1 is 1.26 bits per heavy atom. The van der Waals surface area contributed by atoms with Gasteiger partial charge in [-0.3, -0.25) is 0 Å². The summed E-state index contributed by atoms with van der Waals surface area (Å²) in [5.41, 5.74) is 0. The summed E-state index contributed by atoms with van der Waals surface area (Å²) in [5.74, 6) is 0.253. The third-order valence-electron chi connectivity index (χ3n) is 2.75. The van der Waals surface area contributed by atoms with Crippen molar-refractivity contribution < 1.29 is 17.9 Å². The zero-order valence-corrected chi connectivity index (χ0v) is 12.5. The Kier molecular flexibility index (Phi) is 5.99. The monoisotopic (exact) mass is 290 g/mol. The molecule has 0 saturated carbocycles. The van der Waals surface area contributed by atoms with E-state index in [-0.39, 0.29) is 17.5 Å². The molecular formula is C12H22N2O4S. The molecule has 1 heterocycles. The normalized spacial score (nSPS) is 12.5. The molecule has 19 heavy (non-hydrogen) atoms. The van der Waals surface area contributed by atoms with Crippen LogP contribution in [-0.4, -0.2) is 56.5 Å². The zero-order valence-electron chi connectivity index (χ0n) is 11.7. The molecule has 1 aromatic rings. The molecule has 1 N–H and O–H groups in total. The molecule has 0 aromatic carbocycles. The maximum Gasteiger partial charge on any atom is 0.276 e. The highest BCUT2D eigenvalue weighted by Crippen LogP contribution is 2.19. The highest BCUT2D eigenvalue weighted by atomic mass is 32.2. The summed E-state index contributed by atoms with van der Waals surface area (Å²) in [7, 11) is 0.297. The van der Waals surface area contributed by atoms with E-state index in [4.69, 9.17) is 9.52 Å². The number of furan rings is 1. The van der Waals surface area contributed by atoms with Crippen LogP contribution in [0.5, 0.6) is 0 Å². The van der Waals surface area contributed by atoms with E-state index in [9.17, 15) is 8.42 Å². The van der Waals surface area contributed by atoms with Gasteiger partial charge in [0.1, 0.15) is 12.4 Å². The lowest BCUT2D eigenvalue weighted by molar-refractivity contribution is 0.235. The minimum Gasteiger partial charge on any atom is -0.446 e. The molecule has 1 aromatic heterocycles. The topological polar surface area (TPSA) is 74.0 Å². The van der Waals surface area contributed by atoms with Crippen molar-refractivity contribution in [1.29, 1.82) is 0 Å². The molecule has 1 rings (SSSR count). The molecule has 0 fully saturated rings. The number of hydrogen-bond acceptors (Lipinski definition) is 5. The summed E-state index contributed by atoms with van der Waals surface area (Å²) >= 11 is 0. The van der Waals surface area contributed by atoms with Gasteiger partial charge in [0.2, 0.25) is 5.09 Å². The van der Waals surface area contributed by atoms with Gasteiger partial charge in [-0.25, -0.2) is 8.42 Å². The molecule has 0 aliphatic carbocycles. The van der Waals surface area contributed by atoms with Crippen LogP contribution in [0.1, 0.15) is 19.1 Å². The van der Waals surface area contributed by atoms with E-state index in [2.05, 4.69) is 0 Å². The third kappa shape index (κ3) is 4.31. The predicted molar refractivity (Wildman–Crippen MR) is 72.2 cm³/mol. The number of aliphatic hydroxyl groups is 1. The average molecular weight is 290 g/mol. The molecule has 0 unspecified atom stereocenters. The fourth-order valence-corrected chi connectivity index (χ4v) is 3.14. The van der Waals surface area contributed by atoms with Crippen molar-refractivity contribution in [1.82, 2.24) is 9.21 Å². The molecule has 0 aliphatic heterocycles. The molecule has 0 bridgehead atoms. The van der Waals surface area contributed by atoms with E-state index in [0.717, 1.165) is 13.0 Å². The van der Waals surface area contributed by atoms with Crippen molar-refractivity contribution in [3.63, 3.8) is 0 Å². The van der Waals surface area contributed by atoms with Crippen LogP contribution in [0.3, 0.4) is 0 Å². The van der Waals surface area contributed by atoms with E-state index in [1.54, 1.807) is 6.92 Å². The Bertz CT molecular complexity index is 482. The Morgan fingerprint density at radius 2 is 1.95 bits per heavy atom. The first-order valence-electron chi connectivity index (χ1n) is 6.26. The average Bonchev–Trinajstić information content (AvgIpc) is 2.83. The lowest BCUT2D eigenvalue weighted by Crippen LogP contribution is -2.33. The van der Waals surface area contributed by atoms with E-state index >= 15 is 0 Å². The molecule has 0 amide bonds. The molecule has 7 heteroatoms. The van der Waals surface area contributed by atoms with E-state index in [1.807, 2.05) is 19.0 Å². The van der Waals surface area contributed by atoms with Gasteiger partial charge in [0.25, 0.3) is 10.0 Å². The summed E-state index contributed by atoms with van der Waals surface area (Å²) in [6, 6.07) is 2.86. The van der Waals surface area contributed by atoms with Crippen molar-refractivity contribution in [3.8, 4) is 0 Å². The smallest absolute Gasteiger partial charge is 0.276 e. The maximum atomic E-state index is 12.3. The Labute approximate surface area is 114 Å². The number of sulfonamides is 1. The highest BCUT2D eigenvalue weighted by Gasteiger charge is 2.26.